The fourth-order valence-electron chi connectivity index (χ4n) is 1.92. The molecule has 1 heterocycles. The van der Waals surface area contributed by atoms with Crippen LogP contribution >= 0.6 is 0 Å². The van der Waals surface area contributed by atoms with Crippen LogP contribution < -0.4 is 0 Å². The molecule has 2 atom stereocenters. The highest BCUT2D eigenvalue weighted by Crippen LogP contribution is 2.25. The number of nitrogens with one attached hydrogen (secondary N) is 1. The lowest BCUT2D eigenvalue weighted by atomic mass is 10.0. The van der Waals surface area contributed by atoms with Crippen LogP contribution in [0.1, 0.15) is 22.0 Å². The summed E-state index contributed by atoms with van der Waals surface area (Å²) in [6.07, 6.45) is -2.06. The van der Waals surface area contributed by atoms with Crippen LogP contribution in [0.3, 0.4) is 0 Å². The number of fused-ring (bicyclic) bond motifs is 1. The van der Waals surface area contributed by atoms with Gasteiger partial charge < -0.3 is 25.0 Å². The number of aliphatic hydroxyl groups is 2. The van der Waals surface area contributed by atoms with Crippen LogP contribution in [0.25, 0.3) is 10.9 Å². The Labute approximate surface area is 113 Å². The monoisotopic (exact) mass is 279 g/mol. The number of methoxy groups -OCH3 is 1. The lowest BCUT2D eigenvalue weighted by molar-refractivity contribution is -0.153. The lowest BCUT2D eigenvalue weighted by Crippen LogP contribution is -2.27. The summed E-state index contributed by atoms with van der Waals surface area (Å²) < 4.78 is 4.62. The quantitative estimate of drug-likeness (QED) is 0.602. The number of hydrogen-bond acceptors (Lipinski definition) is 5. The molecule has 4 N–H and O–H groups in total. The van der Waals surface area contributed by atoms with E-state index in [1.807, 2.05) is 0 Å². The van der Waals surface area contributed by atoms with E-state index in [1.54, 1.807) is 6.07 Å². The molecule has 0 fully saturated rings. The SMILES string of the molecule is COC(=O)c1c[nH]c2ccc(C(O)C(O)C(=O)O)cc12. The van der Waals surface area contributed by atoms with Gasteiger partial charge in [0, 0.05) is 17.1 Å². The highest BCUT2D eigenvalue weighted by atomic mass is 16.5. The van der Waals surface area contributed by atoms with Crippen molar-refractivity contribution in [3.8, 4) is 0 Å². The summed E-state index contributed by atoms with van der Waals surface area (Å²) in [6, 6.07) is 4.49. The van der Waals surface area contributed by atoms with Crippen LogP contribution in [-0.4, -0.2) is 45.5 Å². The zero-order valence-corrected chi connectivity index (χ0v) is 10.5. The number of carbonyl (C=O) groups excluding carboxylic acids is 1. The number of H-pyrrole nitrogens is 1. The van der Waals surface area contributed by atoms with Crippen LogP contribution in [0.5, 0.6) is 0 Å². The number of aliphatic hydroxyl groups excluding tert-OH is 2. The van der Waals surface area contributed by atoms with E-state index in [0.29, 0.717) is 10.9 Å². The average molecular weight is 279 g/mol. The van der Waals surface area contributed by atoms with Crippen molar-refractivity contribution in [3.63, 3.8) is 0 Å². The van der Waals surface area contributed by atoms with E-state index < -0.39 is 24.1 Å². The van der Waals surface area contributed by atoms with Crippen LogP contribution in [-0.2, 0) is 9.53 Å². The summed E-state index contributed by atoms with van der Waals surface area (Å²) in [5, 5.41) is 28.3. The first kappa shape index (κ1) is 14.0. The average Bonchev–Trinajstić information content (AvgIpc) is 2.87. The fourth-order valence-corrected chi connectivity index (χ4v) is 1.92. The first-order valence-electron chi connectivity index (χ1n) is 5.74. The van der Waals surface area contributed by atoms with Crippen molar-refractivity contribution in [1.29, 1.82) is 0 Å². The number of carboxylic acids is 1. The van der Waals surface area contributed by atoms with Gasteiger partial charge in [-0.1, -0.05) is 6.07 Å². The molecule has 0 aliphatic carbocycles. The van der Waals surface area contributed by atoms with Crippen molar-refractivity contribution in [2.24, 2.45) is 0 Å². The number of carbonyl (C=O) groups is 2. The van der Waals surface area contributed by atoms with Crippen LogP contribution in [0, 0.1) is 0 Å². The molecule has 0 bridgehead atoms. The number of carboxylic acid groups (broad SMARTS) is 1. The minimum Gasteiger partial charge on any atom is -0.479 e. The van der Waals surface area contributed by atoms with E-state index in [2.05, 4.69) is 9.72 Å². The van der Waals surface area contributed by atoms with Crippen molar-refractivity contribution >= 4 is 22.8 Å². The molecule has 0 aliphatic heterocycles. The summed E-state index contributed by atoms with van der Waals surface area (Å²) in [6.45, 7) is 0. The highest BCUT2D eigenvalue weighted by molar-refractivity contribution is 6.04. The number of benzene rings is 1. The van der Waals surface area contributed by atoms with Gasteiger partial charge in [0.25, 0.3) is 0 Å². The normalized spacial score (nSPS) is 13.9. The number of hydrogen-bond donors (Lipinski definition) is 4. The highest BCUT2D eigenvalue weighted by Gasteiger charge is 2.25. The van der Waals surface area contributed by atoms with Gasteiger partial charge in [-0.2, -0.15) is 0 Å². The van der Waals surface area contributed by atoms with E-state index in [-0.39, 0.29) is 11.1 Å². The third-order valence-electron chi connectivity index (χ3n) is 3.00. The molecule has 0 aliphatic rings. The molecule has 2 aromatic rings. The van der Waals surface area contributed by atoms with Gasteiger partial charge in [0.15, 0.2) is 6.10 Å². The molecule has 0 radical (unpaired) electrons. The molecule has 7 nitrogen and oxygen atoms in total. The summed E-state index contributed by atoms with van der Waals surface area (Å²) in [4.78, 5) is 25.1. The van der Waals surface area contributed by atoms with Gasteiger partial charge in [-0.3, -0.25) is 0 Å². The Morgan fingerprint density at radius 2 is 2.00 bits per heavy atom. The van der Waals surface area contributed by atoms with Crippen molar-refractivity contribution < 1.29 is 29.6 Å². The van der Waals surface area contributed by atoms with E-state index in [4.69, 9.17) is 5.11 Å². The van der Waals surface area contributed by atoms with Crippen molar-refractivity contribution in [3.05, 3.63) is 35.5 Å². The van der Waals surface area contributed by atoms with Gasteiger partial charge in [-0.25, -0.2) is 9.59 Å². The number of aromatic nitrogens is 1. The molecule has 1 aromatic heterocycles. The zero-order valence-electron chi connectivity index (χ0n) is 10.5. The largest absolute Gasteiger partial charge is 0.479 e. The van der Waals surface area contributed by atoms with E-state index in [1.165, 1.54) is 25.4 Å². The predicted molar refractivity (Wildman–Crippen MR) is 68.2 cm³/mol. The second-order valence-corrected chi connectivity index (χ2v) is 4.23. The Morgan fingerprint density at radius 1 is 1.30 bits per heavy atom. The third kappa shape index (κ3) is 2.36. The fraction of sp³-hybridized carbons (Fsp3) is 0.231. The van der Waals surface area contributed by atoms with Gasteiger partial charge >= 0.3 is 11.9 Å². The molecular weight excluding hydrogens is 266 g/mol. The predicted octanol–water partition coefficient (Wildman–Crippen LogP) is 0.433. The van der Waals surface area contributed by atoms with Gasteiger partial charge in [0.2, 0.25) is 0 Å². The summed E-state index contributed by atoms with van der Waals surface area (Å²) in [5.74, 6) is -2.08. The number of aliphatic carboxylic acids is 1. The Morgan fingerprint density at radius 3 is 2.60 bits per heavy atom. The Hall–Kier alpha value is -2.38. The number of rotatable bonds is 4. The molecule has 0 saturated carbocycles. The van der Waals surface area contributed by atoms with E-state index >= 15 is 0 Å². The molecule has 20 heavy (non-hydrogen) atoms. The minimum absolute atomic E-state index is 0.192. The van der Waals surface area contributed by atoms with Crippen LogP contribution in [0.4, 0.5) is 0 Å². The molecule has 2 unspecified atom stereocenters. The van der Waals surface area contributed by atoms with Crippen LogP contribution in [0.2, 0.25) is 0 Å². The Balaban J connectivity index is 2.47. The molecule has 106 valence electrons. The second-order valence-electron chi connectivity index (χ2n) is 4.23. The smallest absolute Gasteiger partial charge is 0.340 e. The van der Waals surface area contributed by atoms with Crippen LogP contribution in [0.15, 0.2) is 24.4 Å². The molecule has 0 spiro atoms. The first-order chi connectivity index (χ1) is 9.45. The summed E-state index contributed by atoms with van der Waals surface area (Å²) >= 11 is 0. The molecule has 0 saturated heterocycles. The second kappa shape index (κ2) is 5.32. The van der Waals surface area contributed by atoms with Gasteiger partial charge in [-0.05, 0) is 17.7 Å². The van der Waals surface area contributed by atoms with Crippen molar-refractivity contribution in [2.75, 3.05) is 7.11 Å². The number of esters is 1. The zero-order chi connectivity index (χ0) is 14.9. The van der Waals surface area contributed by atoms with Gasteiger partial charge in [0.05, 0.1) is 12.7 Å². The van der Waals surface area contributed by atoms with E-state index in [0.717, 1.165) is 0 Å². The topological polar surface area (TPSA) is 120 Å². The summed E-state index contributed by atoms with van der Waals surface area (Å²) in [7, 11) is 1.24. The van der Waals surface area contributed by atoms with Crippen molar-refractivity contribution in [1.82, 2.24) is 4.98 Å². The standard InChI is InChI=1S/C13H13NO6/c1-20-13(19)8-5-14-9-3-2-6(4-7(8)9)10(15)11(16)12(17)18/h2-5,10-11,14-16H,1H3,(H,17,18). The Bertz CT molecular complexity index is 662. The molecule has 0 amide bonds. The lowest BCUT2D eigenvalue weighted by Gasteiger charge is -2.14. The number of ether oxygens (including phenoxy) is 1. The first-order valence-corrected chi connectivity index (χ1v) is 5.74. The summed E-state index contributed by atoms with van der Waals surface area (Å²) in [5.41, 5.74) is 1.09. The Kier molecular flexibility index (Phi) is 3.73. The molecule has 1 aromatic carbocycles. The maximum Gasteiger partial charge on any atom is 0.340 e. The van der Waals surface area contributed by atoms with Gasteiger partial charge in [0.1, 0.15) is 6.10 Å². The minimum atomic E-state index is -1.94. The molecule has 2 rings (SSSR count). The third-order valence-corrected chi connectivity index (χ3v) is 3.00. The van der Waals surface area contributed by atoms with E-state index in [9.17, 15) is 19.8 Å². The molecule has 7 heteroatoms. The molecular formula is C13H13NO6. The van der Waals surface area contributed by atoms with Crippen molar-refractivity contribution in [2.45, 2.75) is 12.2 Å². The maximum atomic E-state index is 11.6. The maximum absolute atomic E-state index is 11.6. The number of aromatic amines is 1. The van der Waals surface area contributed by atoms with Gasteiger partial charge in [-0.15, -0.1) is 0 Å².